The average Bonchev–Trinajstić information content (AvgIpc) is 2.41. The maximum Gasteiger partial charge on any atom is 0.236 e. The van der Waals surface area contributed by atoms with Crippen molar-refractivity contribution in [3.05, 3.63) is 12.2 Å². The van der Waals surface area contributed by atoms with Gasteiger partial charge in [-0.2, -0.15) is 0 Å². The Kier molecular flexibility index (Phi) is 12.6. The van der Waals surface area contributed by atoms with Gasteiger partial charge in [-0.05, 0) is 24.8 Å². The number of hydrogen-bond donors (Lipinski definition) is 0. The molecule has 1 nitrogen and oxygen atoms in total. The van der Waals surface area contributed by atoms with E-state index in [0.717, 1.165) is 0 Å². The SMILES string of the molecule is CCCC/C=C/C(C)O[Si]C(C)(C)CCCCCCC. The second-order valence-corrected chi connectivity index (χ2v) is 8.34. The summed E-state index contributed by atoms with van der Waals surface area (Å²) >= 11 is 0. The molecule has 0 aliphatic carbocycles. The summed E-state index contributed by atoms with van der Waals surface area (Å²) in [6, 6.07) is 0. The third kappa shape index (κ3) is 12.9. The quantitative estimate of drug-likeness (QED) is 0.220. The molecule has 2 heteroatoms. The lowest BCUT2D eigenvalue weighted by atomic mass is 10.0. The van der Waals surface area contributed by atoms with Crippen LogP contribution in [0.15, 0.2) is 12.2 Å². The van der Waals surface area contributed by atoms with Gasteiger partial charge in [-0.15, -0.1) is 0 Å². The Balaban J connectivity index is 3.70. The first kappa shape index (κ1) is 19.9. The molecule has 0 aromatic rings. The van der Waals surface area contributed by atoms with E-state index < -0.39 is 0 Å². The smallest absolute Gasteiger partial charge is 0.236 e. The van der Waals surface area contributed by atoms with Crippen LogP contribution < -0.4 is 0 Å². The molecule has 0 aliphatic heterocycles. The van der Waals surface area contributed by atoms with Crippen molar-refractivity contribution in [2.45, 2.75) is 104 Å². The molecule has 0 saturated carbocycles. The van der Waals surface area contributed by atoms with Crippen LogP contribution in [0.25, 0.3) is 0 Å². The van der Waals surface area contributed by atoms with Gasteiger partial charge in [0.1, 0.15) is 0 Å². The second-order valence-electron chi connectivity index (χ2n) is 6.54. The predicted octanol–water partition coefficient (Wildman–Crippen LogP) is 6.32. The highest BCUT2D eigenvalue weighted by atomic mass is 28.2. The lowest BCUT2D eigenvalue weighted by Crippen LogP contribution is -2.20. The maximum absolute atomic E-state index is 6.01. The first-order chi connectivity index (χ1) is 9.52. The van der Waals surface area contributed by atoms with Crippen LogP contribution in [-0.4, -0.2) is 15.9 Å². The predicted molar refractivity (Wildman–Crippen MR) is 92.4 cm³/mol. The molecule has 2 radical (unpaired) electrons. The number of unbranched alkanes of at least 4 members (excludes halogenated alkanes) is 6. The minimum Gasteiger partial charge on any atom is -0.411 e. The molecular weight excluding hydrogens is 260 g/mol. The molecular formula is C18H36OSi. The van der Waals surface area contributed by atoms with Crippen molar-refractivity contribution in [2.24, 2.45) is 0 Å². The summed E-state index contributed by atoms with van der Waals surface area (Å²) in [6.07, 6.45) is 16.7. The highest BCUT2D eigenvalue weighted by Crippen LogP contribution is 2.30. The molecule has 20 heavy (non-hydrogen) atoms. The molecule has 0 heterocycles. The summed E-state index contributed by atoms with van der Waals surface area (Å²) in [7, 11) is 0.612. The zero-order chi connectivity index (χ0) is 15.3. The van der Waals surface area contributed by atoms with E-state index in [1.54, 1.807) is 0 Å². The van der Waals surface area contributed by atoms with Crippen LogP contribution in [0.3, 0.4) is 0 Å². The normalized spacial score (nSPS) is 14.1. The van der Waals surface area contributed by atoms with Gasteiger partial charge < -0.3 is 4.43 Å². The van der Waals surface area contributed by atoms with Crippen LogP contribution in [0.1, 0.15) is 92.4 Å². The van der Waals surface area contributed by atoms with Crippen molar-refractivity contribution in [1.29, 1.82) is 0 Å². The van der Waals surface area contributed by atoms with Crippen LogP contribution in [-0.2, 0) is 4.43 Å². The summed E-state index contributed by atoms with van der Waals surface area (Å²) in [5.41, 5.74) is 0. The van der Waals surface area contributed by atoms with Gasteiger partial charge in [-0.3, -0.25) is 0 Å². The largest absolute Gasteiger partial charge is 0.411 e. The molecule has 0 aliphatic rings. The van der Waals surface area contributed by atoms with Gasteiger partial charge in [0.05, 0.1) is 6.10 Å². The van der Waals surface area contributed by atoms with Crippen molar-refractivity contribution in [1.82, 2.24) is 0 Å². The fourth-order valence-corrected chi connectivity index (χ4v) is 2.99. The van der Waals surface area contributed by atoms with Crippen molar-refractivity contribution < 1.29 is 4.43 Å². The molecule has 0 saturated heterocycles. The van der Waals surface area contributed by atoms with Crippen LogP contribution in [0, 0.1) is 0 Å². The minimum atomic E-state index is 0.268. The van der Waals surface area contributed by atoms with Gasteiger partial charge in [0.25, 0.3) is 0 Å². The van der Waals surface area contributed by atoms with E-state index in [2.05, 4.69) is 46.8 Å². The Morgan fingerprint density at radius 2 is 1.65 bits per heavy atom. The molecule has 0 amide bonds. The highest BCUT2D eigenvalue weighted by molar-refractivity contribution is 6.32. The Morgan fingerprint density at radius 1 is 1.00 bits per heavy atom. The number of allylic oxidation sites excluding steroid dienone is 1. The molecule has 1 atom stereocenters. The summed E-state index contributed by atoms with van der Waals surface area (Å²) in [4.78, 5) is 0. The summed E-state index contributed by atoms with van der Waals surface area (Å²) in [5.74, 6) is 0. The third-order valence-corrected chi connectivity index (χ3v) is 4.85. The Labute approximate surface area is 130 Å². The van der Waals surface area contributed by atoms with Gasteiger partial charge in [-0.25, -0.2) is 0 Å². The zero-order valence-electron chi connectivity index (χ0n) is 14.5. The Hall–Kier alpha value is -0.0831. The lowest BCUT2D eigenvalue weighted by Gasteiger charge is -2.24. The van der Waals surface area contributed by atoms with Gasteiger partial charge in [0.2, 0.25) is 9.76 Å². The van der Waals surface area contributed by atoms with E-state index in [1.165, 1.54) is 57.8 Å². The van der Waals surface area contributed by atoms with Crippen LogP contribution >= 0.6 is 0 Å². The molecule has 0 bridgehead atoms. The Bertz CT molecular complexity index is 236. The van der Waals surface area contributed by atoms with Crippen LogP contribution in [0.5, 0.6) is 0 Å². The fourth-order valence-electron chi connectivity index (χ4n) is 2.12. The van der Waals surface area contributed by atoms with E-state index in [9.17, 15) is 0 Å². The highest BCUT2D eigenvalue weighted by Gasteiger charge is 2.20. The van der Waals surface area contributed by atoms with Gasteiger partial charge in [0, 0.05) is 0 Å². The number of rotatable bonds is 13. The average molecular weight is 297 g/mol. The van der Waals surface area contributed by atoms with E-state index in [-0.39, 0.29) is 6.10 Å². The van der Waals surface area contributed by atoms with E-state index >= 15 is 0 Å². The monoisotopic (exact) mass is 296 g/mol. The number of hydrogen-bond acceptors (Lipinski definition) is 1. The topological polar surface area (TPSA) is 9.23 Å². The lowest BCUT2D eigenvalue weighted by molar-refractivity contribution is 0.267. The van der Waals surface area contributed by atoms with Gasteiger partial charge in [0.15, 0.2) is 0 Å². The molecule has 118 valence electrons. The first-order valence-electron chi connectivity index (χ1n) is 8.61. The molecule has 0 spiro atoms. The zero-order valence-corrected chi connectivity index (χ0v) is 15.5. The second kappa shape index (κ2) is 12.6. The molecule has 0 rings (SSSR count). The standard InChI is InChI=1S/C18H36OSi/c1-6-8-10-12-14-16-18(4,5)20-19-17(3)15-13-11-9-7-2/h13,15,17H,6-12,14,16H2,1-5H3/b15-13+. The van der Waals surface area contributed by atoms with Crippen molar-refractivity contribution in [3.63, 3.8) is 0 Å². The van der Waals surface area contributed by atoms with E-state index in [0.29, 0.717) is 14.8 Å². The van der Waals surface area contributed by atoms with Gasteiger partial charge in [-0.1, -0.05) is 84.8 Å². The van der Waals surface area contributed by atoms with Crippen LogP contribution in [0.4, 0.5) is 0 Å². The summed E-state index contributed by atoms with van der Waals surface area (Å²) < 4.78 is 6.01. The van der Waals surface area contributed by atoms with Crippen molar-refractivity contribution >= 4 is 9.76 Å². The van der Waals surface area contributed by atoms with Crippen LogP contribution in [0.2, 0.25) is 5.04 Å². The summed E-state index contributed by atoms with van der Waals surface area (Å²) in [6.45, 7) is 11.4. The molecule has 0 aromatic carbocycles. The summed E-state index contributed by atoms with van der Waals surface area (Å²) in [5, 5.41) is 0.345. The van der Waals surface area contributed by atoms with Gasteiger partial charge >= 0.3 is 0 Å². The molecule has 0 fully saturated rings. The first-order valence-corrected chi connectivity index (χ1v) is 9.52. The maximum atomic E-state index is 6.01. The van der Waals surface area contributed by atoms with E-state index in [1.807, 2.05) is 0 Å². The Morgan fingerprint density at radius 3 is 2.30 bits per heavy atom. The van der Waals surface area contributed by atoms with Crippen molar-refractivity contribution in [3.8, 4) is 0 Å². The molecule has 0 N–H and O–H groups in total. The molecule has 1 unspecified atom stereocenters. The van der Waals surface area contributed by atoms with Crippen molar-refractivity contribution in [2.75, 3.05) is 0 Å². The third-order valence-electron chi connectivity index (χ3n) is 3.56. The van der Waals surface area contributed by atoms with E-state index in [4.69, 9.17) is 4.43 Å². The minimum absolute atomic E-state index is 0.268. The molecule has 0 aromatic heterocycles. The fraction of sp³-hybridized carbons (Fsp3) is 0.889.